The molecule has 0 radical (unpaired) electrons. The number of hydrogen-bond acceptors (Lipinski definition) is 7. The zero-order valence-corrected chi connectivity index (χ0v) is 25.4. The highest BCUT2D eigenvalue weighted by Crippen LogP contribution is 2.26. The number of carbonyl (C=O) groups excluding carboxylic acids is 2. The summed E-state index contributed by atoms with van der Waals surface area (Å²) in [6.45, 7) is 1.43. The number of anilines is 2. The van der Waals surface area contributed by atoms with Crippen LogP contribution in [0.25, 0.3) is 0 Å². The molecule has 0 unspecified atom stereocenters. The monoisotopic (exact) mass is 673 g/mol. The molecule has 2 aliphatic heterocycles. The van der Waals surface area contributed by atoms with Crippen LogP contribution in [0.1, 0.15) is 37.7 Å². The van der Waals surface area contributed by atoms with Gasteiger partial charge in [0.25, 0.3) is 11.8 Å². The van der Waals surface area contributed by atoms with Crippen LogP contribution < -0.4 is 21.3 Å². The molecular weight excluding hydrogens is 645 g/mol. The van der Waals surface area contributed by atoms with E-state index in [1.807, 2.05) is 12.1 Å². The van der Waals surface area contributed by atoms with Crippen molar-refractivity contribution in [2.24, 2.45) is 0 Å². The summed E-state index contributed by atoms with van der Waals surface area (Å²) in [7, 11) is 0. The van der Waals surface area contributed by atoms with Gasteiger partial charge < -0.3 is 21.3 Å². The summed E-state index contributed by atoms with van der Waals surface area (Å²) in [5.41, 5.74) is 0.755. The Morgan fingerprint density at radius 1 is 0.681 bits per heavy atom. The van der Waals surface area contributed by atoms with Crippen molar-refractivity contribution < 1.29 is 31.5 Å². The minimum atomic E-state index is -4.66. The zero-order chi connectivity index (χ0) is 33.7. The molecule has 9 nitrogen and oxygen atoms in total. The third kappa shape index (κ3) is 9.27. The molecule has 0 aliphatic carbocycles. The van der Waals surface area contributed by atoms with Gasteiger partial charge in [-0.2, -0.15) is 13.2 Å². The van der Waals surface area contributed by atoms with Crippen molar-refractivity contribution in [3.8, 4) is 0 Å². The molecule has 2 aromatic heterocycles. The number of alkyl halides is 5. The number of benzene rings is 2. The van der Waals surface area contributed by atoms with Crippen LogP contribution in [-0.2, 0) is 19.0 Å². The molecule has 47 heavy (non-hydrogen) atoms. The zero-order valence-electron chi connectivity index (χ0n) is 24.7. The maximum absolute atomic E-state index is 14.0. The molecule has 6 rings (SSSR count). The second-order valence-corrected chi connectivity index (χ2v) is 11.7. The molecule has 0 spiro atoms. The van der Waals surface area contributed by atoms with Crippen molar-refractivity contribution in [1.82, 2.24) is 25.6 Å². The maximum atomic E-state index is 14.0. The van der Waals surface area contributed by atoms with Gasteiger partial charge in [-0.1, -0.05) is 35.9 Å². The van der Waals surface area contributed by atoms with E-state index in [1.165, 1.54) is 6.20 Å². The van der Waals surface area contributed by atoms with Crippen LogP contribution in [0.2, 0.25) is 5.15 Å². The average molecular weight is 674 g/mol. The molecule has 15 heteroatoms. The smallest absolute Gasteiger partial charge is 0.322 e. The van der Waals surface area contributed by atoms with E-state index in [2.05, 4.69) is 36.2 Å². The van der Waals surface area contributed by atoms with Crippen LogP contribution in [0.15, 0.2) is 79.3 Å². The van der Waals surface area contributed by atoms with Gasteiger partial charge in [-0.15, -0.1) is 0 Å². The summed E-state index contributed by atoms with van der Waals surface area (Å²) in [6, 6.07) is 17.0. The average Bonchev–Trinajstić information content (AvgIpc) is 3.01. The minimum absolute atomic E-state index is 0.0969. The number of pyridine rings is 1. The highest BCUT2D eigenvalue weighted by atomic mass is 35.5. The van der Waals surface area contributed by atoms with E-state index in [9.17, 15) is 31.5 Å². The molecule has 4 N–H and O–H groups in total. The highest BCUT2D eigenvalue weighted by Gasteiger charge is 2.37. The number of nitrogens with one attached hydrogen (secondary N) is 4. The lowest BCUT2D eigenvalue weighted by Gasteiger charge is -2.35. The van der Waals surface area contributed by atoms with Crippen LogP contribution in [0.5, 0.6) is 0 Å². The number of amides is 2. The van der Waals surface area contributed by atoms with Crippen LogP contribution in [0, 0.1) is 0 Å². The fraction of sp³-hybridized carbons (Fsp3) is 0.281. The molecule has 246 valence electrons. The van der Waals surface area contributed by atoms with Gasteiger partial charge in [-0.05, 0) is 47.5 Å². The van der Waals surface area contributed by atoms with Crippen molar-refractivity contribution in [2.45, 2.75) is 30.4 Å². The van der Waals surface area contributed by atoms with Crippen molar-refractivity contribution in [3.05, 3.63) is 112 Å². The summed E-state index contributed by atoms with van der Waals surface area (Å²) >= 11 is 5.69. The quantitative estimate of drug-likeness (QED) is 0.145. The van der Waals surface area contributed by atoms with E-state index in [4.69, 9.17) is 11.6 Å². The fourth-order valence-electron chi connectivity index (χ4n) is 4.69. The largest absolute Gasteiger partial charge is 0.451 e. The number of hydrogen-bond donors (Lipinski definition) is 4. The van der Waals surface area contributed by atoms with Crippen molar-refractivity contribution >= 4 is 34.8 Å². The second kappa shape index (κ2) is 14.1. The molecule has 4 aromatic rings. The van der Waals surface area contributed by atoms with E-state index in [0.29, 0.717) is 54.7 Å². The molecule has 0 saturated carbocycles. The predicted molar refractivity (Wildman–Crippen MR) is 166 cm³/mol. The van der Waals surface area contributed by atoms with Crippen molar-refractivity contribution in [1.29, 1.82) is 0 Å². The van der Waals surface area contributed by atoms with Gasteiger partial charge in [0.2, 0.25) is 5.82 Å². The molecule has 0 bridgehead atoms. The van der Waals surface area contributed by atoms with Gasteiger partial charge in [0.05, 0.1) is 11.1 Å². The Morgan fingerprint density at radius 3 is 1.47 bits per heavy atom. The number of carbonyl (C=O) groups is 2. The van der Waals surface area contributed by atoms with E-state index < -0.39 is 29.2 Å². The summed E-state index contributed by atoms with van der Waals surface area (Å²) in [5, 5.41) is 11.4. The first-order valence-corrected chi connectivity index (χ1v) is 14.8. The van der Waals surface area contributed by atoms with Crippen LogP contribution >= 0.6 is 11.6 Å². The fourth-order valence-corrected chi connectivity index (χ4v) is 4.81. The van der Waals surface area contributed by atoms with E-state index in [1.54, 1.807) is 48.5 Å². The van der Waals surface area contributed by atoms with Gasteiger partial charge in [-0.3, -0.25) is 9.59 Å². The number of rotatable bonds is 8. The van der Waals surface area contributed by atoms with E-state index in [0.717, 1.165) is 23.5 Å². The van der Waals surface area contributed by atoms with Gasteiger partial charge in [0.1, 0.15) is 16.5 Å². The SMILES string of the molecule is O=C(Nc1ccc(CC2(F)CNC2)cc1)c1ccc(Cl)nc1.O=C(Nc1ccc(CC2(F)CNC2)cc1)c1cnc(C(F)(F)F)nc1. The van der Waals surface area contributed by atoms with E-state index in [-0.39, 0.29) is 17.9 Å². The number of nitrogens with zero attached hydrogens (tertiary/aromatic N) is 3. The molecule has 2 saturated heterocycles. The first-order valence-electron chi connectivity index (χ1n) is 14.4. The van der Waals surface area contributed by atoms with Crippen LogP contribution in [0.3, 0.4) is 0 Å². The maximum Gasteiger partial charge on any atom is 0.451 e. The van der Waals surface area contributed by atoms with Crippen molar-refractivity contribution in [3.63, 3.8) is 0 Å². The Labute approximate surface area is 271 Å². The first-order chi connectivity index (χ1) is 22.3. The van der Waals surface area contributed by atoms with Gasteiger partial charge in [-0.25, -0.2) is 23.7 Å². The van der Waals surface area contributed by atoms with Gasteiger partial charge in [0, 0.05) is 69.0 Å². The molecule has 0 atom stereocenters. The van der Waals surface area contributed by atoms with Gasteiger partial charge in [0.15, 0.2) is 0 Å². The highest BCUT2D eigenvalue weighted by molar-refractivity contribution is 6.29. The molecule has 2 fully saturated rings. The summed E-state index contributed by atoms with van der Waals surface area (Å²) in [5.74, 6) is -2.20. The Kier molecular flexibility index (Phi) is 10.1. The van der Waals surface area contributed by atoms with Crippen LogP contribution in [0.4, 0.5) is 33.3 Å². The summed E-state index contributed by atoms with van der Waals surface area (Å²) in [6.07, 6.45) is -0.945. The van der Waals surface area contributed by atoms with E-state index >= 15 is 0 Å². The molecule has 2 aliphatic rings. The molecule has 2 amide bonds. The lowest BCUT2D eigenvalue weighted by molar-refractivity contribution is -0.145. The van der Waals surface area contributed by atoms with Crippen LogP contribution in [-0.4, -0.2) is 64.3 Å². The van der Waals surface area contributed by atoms with Gasteiger partial charge >= 0.3 is 6.18 Å². The Balaban J connectivity index is 0.000000186. The number of aromatic nitrogens is 3. The predicted octanol–water partition coefficient (Wildman–Crippen LogP) is 5.44. The summed E-state index contributed by atoms with van der Waals surface area (Å²) in [4.78, 5) is 34.2. The van der Waals surface area contributed by atoms with Crippen molar-refractivity contribution in [2.75, 3.05) is 36.8 Å². The lowest BCUT2D eigenvalue weighted by atomic mass is 9.91. The minimum Gasteiger partial charge on any atom is -0.322 e. The lowest BCUT2D eigenvalue weighted by Crippen LogP contribution is -2.57. The molecular formula is C32H29ClF5N7O2. The first kappa shape index (κ1) is 33.8. The Bertz CT molecular complexity index is 1680. The topological polar surface area (TPSA) is 121 Å². The third-order valence-electron chi connectivity index (χ3n) is 7.39. The normalized spacial score (nSPS) is 16.0. The summed E-state index contributed by atoms with van der Waals surface area (Å²) < 4.78 is 65.2. The second-order valence-electron chi connectivity index (χ2n) is 11.3. The standard InChI is InChI=1S/C16H15ClFN3O.C16H14F4N4O/c17-14-6-3-12(8-20-14)15(22)21-13-4-1-11(2-5-13)7-16(18)9-19-10-16;17-15(8-21-9-15)5-10-1-3-12(4-2-10)24-13(25)11-6-22-14(23-7-11)16(18,19)20/h1-6,8,19H,7,9-10H2,(H,21,22);1-4,6-7,21H,5,8-9H2,(H,24,25). The Hall–Kier alpha value is -4.53. The molecule has 2 aromatic carbocycles. The third-order valence-corrected chi connectivity index (χ3v) is 7.61. The molecule has 4 heterocycles. The Morgan fingerprint density at radius 2 is 1.11 bits per heavy atom. The number of halogens is 6.